The molecule has 1 amide bonds. The van der Waals surface area contributed by atoms with Crippen molar-refractivity contribution in [2.75, 3.05) is 23.3 Å². The number of carbonyl (C=O) groups excluding carboxylic acids is 1. The van der Waals surface area contributed by atoms with E-state index < -0.39 is 0 Å². The van der Waals surface area contributed by atoms with Crippen molar-refractivity contribution in [3.63, 3.8) is 0 Å². The molecule has 128 valence electrons. The number of amides is 1. The molecule has 0 aromatic carbocycles. The van der Waals surface area contributed by atoms with Gasteiger partial charge in [0, 0.05) is 37.1 Å². The number of nitrogens with zero attached hydrogens (tertiary/aromatic N) is 6. The Kier molecular flexibility index (Phi) is 4.38. The highest BCUT2D eigenvalue weighted by Crippen LogP contribution is 2.23. The smallest absolute Gasteiger partial charge is 0.231 e. The van der Waals surface area contributed by atoms with E-state index in [4.69, 9.17) is 0 Å². The molecule has 0 saturated carbocycles. The van der Waals surface area contributed by atoms with E-state index in [2.05, 4.69) is 30.4 Å². The van der Waals surface area contributed by atoms with Crippen LogP contribution >= 0.6 is 11.3 Å². The van der Waals surface area contributed by atoms with Crippen molar-refractivity contribution >= 4 is 28.2 Å². The first-order chi connectivity index (χ1) is 12.3. The van der Waals surface area contributed by atoms with Gasteiger partial charge in [-0.25, -0.2) is 9.97 Å². The first-order valence-electron chi connectivity index (χ1n) is 8.07. The van der Waals surface area contributed by atoms with Crippen LogP contribution < -0.4 is 10.2 Å². The standard InChI is InChI=1S/C16H17N7OS/c24-15(19-16-18-6-9-25-16)12-2-1-7-22(10-12)13-3-4-14(21-20-13)23-8-5-17-11-23/h3-6,8-9,11-12H,1-2,7,10H2,(H,18,19,24)/t12-/m0/s1. The summed E-state index contributed by atoms with van der Waals surface area (Å²) in [5.41, 5.74) is 0. The topological polar surface area (TPSA) is 88.8 Å². The molecule has 8 nitrogen and oxygen atoms in total. The van der Waals surface area contributed by atoms with Crippen LogP contribution in [-0.2, 0) is 4.79 Å². The predicted octanol–water partition coefficient (Wildman–Crippen LogP) is 1.97. The van der Waals surface area contributed by atoms with Gasteiger partial charge in [-0.2, -0.15) is 0 Å². The lowest BCUT2D eigenvalue weighted by atomic mass is 9.97. The molecule has 1 N–H and O–H groups in total. The molecule has 4 rings (SSSR count). The fourth-order valence-corrected chi connectivity index (χ4v) is 3.44. The number of piperidine rings is 1. The fourth-order valence-electron chi connectivity index (χ4n) is 2.91. The summed E-state index contributed by atoms with van der Waals surface area (Å²) in [6.07, 6.45) is 8.71. The van der Waals surface area contributed by atoms with Crippen LogP contribution in [0, 0.1) is 5.92 Å². The average molecular weight is 355 g/mol. The second-order valence-electron chi connectivity index (χ2n) is 5.83. The van der Waals surface area contributed by atoms with Crippen LogP contribution in [0.5, 0.6) is 0 Å². The summed E-state index contributed by atoms with van der Waals surface area (Å²) in [5, 5.41) is 13.9. The summed E-state index contributed by atoms with van der Waals surface area (Å²) in [6, 6.07) is 3.84. The van der Waals surface area contributed by atoms with E-state index in [0.29, 0.717) is 11.7 Å². The van der Waals surface area contributed by atoms with Crippen LogP contribution in [0.15, 0.2) is 42.4 Å². The molecule has 1 saturated heterocycles. The highest BCUT2D eigenvalue weighted by Gasteiger charge is 2.27. The summed E-state index contributed by atoms with van der Waals surface area (Å²) in [5.74, 6) is 1.45. The summed E-state index contributed by atoms with van der Waals surface area (Å²) in [7, 11) is 0. The zero-order valence-electron chi connectivity index (χ0n) is 13.4. The van der Waals surface area contributed by atoms with Crippen LogP contribution in [0.2, 0.25) is 0 Å². The third-order valence-corrected chi connectivity index (χ3v) is 4.87. The Morgan fingerprint density at radius 2 is 2.12 bits per heavy atom. The molecule has 1 aliphatic rings. The molecule has 1 fully saturated rings. The molecule has 1 atom stereocenters. The quantitative estimate of drug-likeness (QED) is 0.770. The number of hydrogen-bond acceptors (Lipinski definition) is 7. The van der Waals surface area contributed by atoms with Crippen molar-refractivity contribution in [3.8, 4) is 5.82 Å². The first-order valence-corrected chi connectivity index (χ1v) is 8.95. The molecule has 9 heteroatoms. The monoisotopic (exact) mass is 355 g/mol. The number of thiazole rings is 1. The van der Waals surface area contributed by atoms with Crippen molar-refractivity contribution in [2.45, 2.75) is 12.8 Å². The Morgan fingerprint density at radius 3 is 2.84 bits per heavy atom. The van der Waals surface area contributed by atoms with Crippen molar-refractivity contribution in [1.29, 1.82) is 0 Å². The van der Waals surface area contributed by atoms with Gasteiger partial charge < -0.3 is 10.2 Å². The fraction of sp³-hybridized carbons (Fsp3) is 0.312. The third-order valence-electron chi connectivity index (χ3n) is 4.18. The van der Waals surface area contributed by atoms with Gasteiger partial charge in [-0.3, -0.25) is 9.36 Å². The second kappa shape index (κ2) is 6.98. The van der Waals surface area contributed by atoms with E-state index in [0.717, 1.165) is 31.0 Å². The molecule has 0 radical (unpaired) electrons. The minimum absolute atomic E-state index is 0.0163. The SMILES string of the molecule is O=C(Nc1nccs1)[C@H]1CCCN(c2ccc(-n3ccnc3)nn2)C1. The van der Waals surface area contributed by atoms with Gasteiger partial charge in [-0.1, -0.05) is 0 Å². The van der Waals surface area contributed by atoms with Gasteiger partial charge in [-0.15, -0.1) is 21.5 Å². The van der Waals surface area contributed by atoms with Crippen molar-refractivity contribution in [1.82, 2.24) is 24.7 Å². The van der Waals surface area contributed by atoms with Gasteiger partial charge in [0.05, 0.1) is 5.92 Å². The van der Waals surface area contributed by atoms with Gasteiger partial charge in [-0.05, 0) is 25.0 Å². The van der Waals surface area contributed by atoms with E-state index in [9.17, 15) is 4.79 Å². The number of carbonyl (C=O) groups is 1. The minimum atomic E-state index is -0.0761. The van der Waals surface area contributed by atoms with Crippen molar-refractivity contribution < 1.29 is 4.79 Å². The molecule has 0 spiro atoms. The average Bonchev–Trinajstić information content (AvgIpc) is 3.36. The number of imidazole rings is 1. The Morgan fingerprint density at radius 1 is 1.24 bits per heavy atom. The van der Waals surface area contributed by atoms with Crippen molar-refractivity contribution in [3.05, 3.63) is 42.4 Å². The number of nitrogens with one attached hydrogen (secondary N) is 1. The van der Waals surface area contributed by atoms with Gasteiger partial charge in [0.25, 0.3) is 0 Å². The van der Waals surface area contributed by atoms with E-state index >= 15 is 0 Å². The van der Waals surface area contributed by atoms with Crippen LogP contribution in [0.3, 0.4) is 0 Å². The second-order valence-corrected chi connectivity index (χ2v) is 6.73. The molecule has 1 aliphatic heterocycles. The van der Waals surface area contributed by atoms with Crippen LogP contribution in [0.1, 0.15) is 12.8 Å². The molecule has 3 aromatic heterocycles. The largest absolute Gasteiger partial charge is 0.354 e. The highest BCUT2D eigenvalue weighted by molar-refractivity contribution is 7.13. The summed E-state index contributed by atoms with van der Waals surface area (Å²) in [4.78, 5) is 22.7. The van der Waals surface area contributed by atoms with Gasteiger partial charge >= 0.3 is 0 Å². The highest BCUT2D eigenvalue weighted by atomic mass is 32.1. The Bertz CT molecular complexity index is 817. The molecule has 0 aliphatic carbocycles. The lowest BCUT2D eigenvalue weighted by Gasteiger charge is -2.32. The van der Waals surface area contributed by atoms with Gasteiger partial charge in [0.15, 0.2) is 16.8 Å². The zero-order chi connectivity index (χ0) is 17.1. The number of hydrogen-bond donors (Lipinski definition) is 1. The van der Waals surface area contributed by atoms with Crippen LogP contribution in [-0.4, -0.2) is 43.7 Å². The molecule has 0 unspecified atom stereocenters. The van der Waals surface area contributed by atoms with E-state index in [-0.39, 0.29) is 11.8 Å². The first kappa shape index (κ1) is 15.7. The maximum Gasteiger partial charge on any atom is 0.231 e. The summed E-state index contributed by atoms with van der Waals surface area (Å²) < 4.78 is 1.80. The molecule has 25 heavy (non-hydrogen) atoms. The molecular weight excluding hydrogens is 338 g/mol. The van der Waals surface area contributed by atoms with Gasteiger partial charge in [0.2, 0.25) is 5.91 Å². The summed E-state index contributed by atoms with van der Waals surface area (Å²) >= 11 is 1.43. The van der Waals surface area contributed by atoms with E-state index in [1.165, 1.54) is 11.3 Å². The Labute approximate surface area is 148 Å². The Hall–Kier alpha value is -2.81. The van der Waals surface area contributed by atoms with E-state index in [1.54, 1.807) is 23.3 Å². The number of rotatable bonds is 4. The maximum absolute atomic E-state index is 12.4. The lowest BCUT2D eigenvalue weighted by molar-refractivity contribution is -0.120. The number of anilines is 2. The molecule has 4 heterocycles. The van der Waals surface area contributed by atoms with Gasteiger partial charge in [0.1, 0.15) is 6.33 Å². The normalized spacial score (nSPS) is 17.4. The Balaban J connectivity index is 1.43. The maximum atomic E-state index is 12.4. The minimum Gasteiger partial charge on any atom is -0.354 e. The number of aromatic nitrogens is 5. The van der Waals surface area contributed by atoms with Crippen LogP contribution in [0.4, 0.5) is 10.9 Å². The van der Waals surface area contributed by atoms with Crippen molar-refractivity contribution in [2.24, 2.45) is 5.92 Å². The predicted molar refractivity (Wildman–Crippen MR) is 94.8 cm³/mol. The third kappa shape index (κ3) is 3.50. The molecule has 0 bridgehead atoms. The molecular formula is C16H17N7OS. The van der Waals surface area contributed by atoms with E-state index in [1.807, 2.05) is 23.7 Å². The zero-order valence-corrected chi connectivity index (χ0v) is 14.3. The van der Waals surface area contributed by atoms with Crippen LogP contribution in [0.25, 0.3) is 5.82 Å². The molecule has 3 aromatic rings. The lowest BCUT2D eigenvalue weighted by Crippen LogP contribution is -2.41. The summed E-state index contributed by atoms with van der Waals surface area (Å²) in [6.45, 7) is 1.51.